The SMILES string of the molecule is CC1=C(C(=O)N2CCCCC2)C(c2ccsc2)C2=C(CCCC2=O)N1. The zero-order valence-corrected chi connectivity index (χ0v) is 15.5. The van der Waals surface area contributed by atoms with E-state index < -0.39 is 0 Å². The summed E-state index contributed by atoms with van der Waals surface area (Å²) in [5.74, 6) is 0.0944. The fourth-order valence-electron chi connectivity index (χ4n) is 4.31. The molecule has 0 aromatic carbocycles. The Labute approximate surface area is 152 Å². The van der Waals surface area contributed by atoms with Crippen LogP contribution in [-0.4, -0.2) is 29.7 Å². The number of carbonyl (C=O) groups is 2. The summed E-state index contributed by atoms with van der Waals surface area (Å²) in [4.78, 5) is 28.1. The minimum absolute atomic E-state index is 0.103. The van der Waals surface area contributed by atoms with Gasteiger partial charge in [-0.3, -0.25) is 9.59 Å². The average Bonchev–Trinajstić information content (AvgIpc) is 3.15. The molecule has 5 heteroatoms. The fraction of sp³-hybridized carbons (Fsp3) is 0.500. The molecule has 0 radical (unpaired) electrons. The molecule has 25 heavy (non-hydrogen) atoms. The highest BCUT2D eigenvalue weighted by molar-refractivity contribution is 7.08. The molecule has 0 bridgehead atoms. The second-order valence-electron chi connectivity index (χ2n) is 7.18. The maximum atomic E-state index is 13.3. The maximum absolute atomic E-state index is 13.3. The van der Waals surface area contributed by atoms with Gasteiger partial charge in [-0.2, -0.15) is 11.3 Å². The van der Waals surface area contributed by atoms with E-state index >= 15 is 0 Å². The van der Waals surface area contributed by atoms with Crippen molar-refractivity contribution in [3.05, 3.63) is 44.9 Å². The number of allylic oxidation sites excluding steroid dienone is 3. The molecule has 1 aromatic heterocycles. The Hall–Kier alpha value is -1.88. The van der Waals surface area contributed by atoms with Crippen molar-refractivity contribution >= 4 is 23.0 Å². The Balaban J connectivity index is 1.78. The maximum Gasteiger partial charge on any atom is 0.252 e. The Morgan fingerprint density at radius 3 is 2.72 bits per heavy atom. The van der Waals surface area contributed by atoms with Crippen molar-refractivity contribution in [3.63, 3.8) is 0 Å². The number of amides is 1. The summed E-state index contributed by atoms with van der Waals surface area (Å²) in [5, 5.41) is 7.52. The van der Waals surface area contributed by atoms with Crippen molar-refractivity contribution < 1.29 is 9.59 Å². The number of thiophene rings is 1. The molecule has 4 nitrogen and oxygen atoms in total. The smallest absolute Gasteiger partial charge is 0.252 e. The van der Waals surface area contributed by atoms with Gasteiger partial charge in [-0.1, -0.05) is 0 Å². The van der Waals surface area contributed by atoms with Crippen molar-refractivity contribution in [1.29, 1.82) is 0 Å². The lowest BCUT2D eigenvalue weighted by Gasteiger charge is -2.37. The zero-order chi connectivity index (χ0) is 17.4. The summed E-state index contributed by atoms with van der Waals surface area (Å²) in [5.41, 5.74) is 4.62. The largest absolute Gasteiger partial charge is 0.362 e. The van der Waals surface area contributed by atoms with Gasteiger partial charge in [0.25, 0.3) is 5.91 Å². The molecule has 2 aliphatic heterocycles. The van der Waals surface area contributed by atoms with Crippen LogP contribution < -0.4 is 5.32 Å². The molecule has 1 saturated heterocycles. The van der Waals surface area contributed by atoms with Crippen LogP contribution >= 0.6 is 11.3 Å². The minimum atomic E-state index is -0.204. The van der Waals surface area contributed by atoms with Crippen molar-refractivity contribution in [1.82, 2.24) is 10.2 Å². The van der Waals surface area contributed by atoms with Gasteiger partial charge in [0.2, 0.25) is 0 Å². The van der Waals surface area contributed by atoms with E-state index in [1.807, 2.05) is 17.2 Å². The third-order valence-corrected chi connectivity index (χ3v) is 6.23. The first-order valence-electron chi connectivity index (χ1n) is 9.22. The van der Waals surface area contributed by atoms with Gasteiger partial charge in [-0.15, -0.1) is 0 Å². The molecule has 1 aromatic rings. The lowest BCUT2D eigenvalue weighted by molar-refractivity contribution is -0.128. The van der Waals surface area contributed by atoms with E-state index in [1.54, 1.807) is 11.3 Å². The number of rotatable bonds is 2. The highest BCUT2D eigenvalue weighted by Gasteiger charge is 2.39. The molecule has 3 aliphatic rings. The van der Waals surface area contributed by atoms with E-state index in [2.05, 4.69) is 16.8 Å². The molecular weight excluding hydrogens is 332 g/mol. The number of hydrogen-bond donors (Lipinski definition) is 1. The molecule has 1 unspecified atom stereocenters. The Morgan fingerprint density at radius 2 is 2.00 bits per heavy atom. The van der Waals surface area contributed by atoms with Gasteiger partial charge in [-0.25, -0.2) is 0 Å². The molecule has 3 heterocycles. The number of piperidine rings is 1. The number of carbonyl (C=O) groups excluding carboxylic acids is 2. The summed E-state index contributed by atoms with van der Waals surface area (Å²) in [6, 6.07) is 2.06. The van der Waals surface area contributed by atoms with Crippen LogP contribution in [0.4, 0.5) is 0 Å². The van der Waals surface area contributed by atoms with Crippen LogP contribution in [0.3, 0.4) is 0 Å². The van der Waals surface area contributed by atoms with E-state index in [1.165, 1.54) is 6.42 Å². The van der Waals surface area contributed by atoms with Gasteiger partial charge < -0.3 is 10.2 Å². The summed E-state index contributed by atoms with van der Waals surface area (Å²) in [7, 11) is 0. The van der Waals surface area contributed by atoms with Crippen LogP contribution in [0.2, 0.25) is 0 Å². The first-order valence-corrected chi connectivity index (χ1v) is 10.2. The quantitative estimate of drug-likeness (QED) is 0.878. The second-order valence-corrected chi connectivity index (χ2v) is 7.96. The molecule has 4 rings (SSSR count). The van der Waals surface area contributed by atoms with Crippen molar-refractivity contribution in [2.45, 2.75) is 51.4 Å². The number of hydrogen-bond acceptors (Lipinski definition) is 4. The standard InChI is InChI=1S/C20H24N2O2S/c1-13-17(20(24)22-9-3-2-4-10-22)18(14-8-11-25-12-14)19-15(21-13)6-5-7-16(19)23/h8,11-12,18,21H,2-7,9-10H2,1H3. The Bertz CT molecular complexity index is 755. The number of nitrogens with zero attached hydrogens (tertiary/aromatic N) is 1. The van der Waals surface area contributed by atoms with Crippen LogP contribution in [0, 0.1) is 0 Å². The number of Topliss-reactive ketones (excluding diaryl/α,β-unsaturated/α-hetero) is 1. The number of likely N-dealkylation sites (tertiary alicyclic amines) is 1. The highest BCUT2D eigenvalue weighted by atomic mass is 32.1. The van der Waals surface area contributed by atoms with Crippen molar-refractivity contribution in [2.75, 3.05) is 13.1 Å². The average molecular weight is 356 g/mol. The van der Waals surface area contributed by atoms with Gasteiger partial charge in [0.15, 0.2) is 5.78 Å². The van der Waals surface area contributed by atoms with Gasteiger partial charge in [0.05, 0.1) is 0 Å². The molecule has 1 fully saturated rings. The van der Waals surface area contributed by atoms with Gasteiger partial charge in [-0.05, 0) is 61.4 Å². The van der Waals surface area contributed by atoms with Crippen LogP contribution in [0.5, 0.6) is 0 Å². The molecule has 0 spiro atoms. The number of dihydropyridines is 1. The third-order valence-electron chi connectivity index (χ3n) is 5.53. The third kappa shape index (κ3) is 2.95. The molecule has 0 saturated carbocycles. The number of ketones is 1. The molecule has 1 aliphatic carbocycles. The topological polar surface area (TPSA) is 49.4 Å². The summed E-state index contributed by atoms with van der Waals surface area (Å²) < 4.78 is 0. The monoisotopic (exact) mass is 356 g/mol. The van der Waals surface area contributed by atoms with Gasteiger partial charge in [0.1, 0.15) is 0 Å². The molecule has 1 amide bonds. The first-order chi connectivity index (χ1) is 12.2. The normalized spacial score (nSPS) is 24.3. The van der Waals surface area contributed by atoms with Crippen molar-refractivity contribution in [2.24, 2.45) is 0 Å². The van der Waals surface area contributed by atoms with E-state index in [0.717, 1.165) is 66.9 Å². The molecule has 1 atom stereocenters. The lowest BCUT2D eigenvalue weighted by Crippen LogP contribution is -2.42. The predicted molar refractivity (Wildman–Crippen MR) is 99.2 cm³/mol. The summed E-state index contributed by atoms with van der Waals surface area (Å²) >= 11 is 1.62. The van der Waals surface area contributed by atoms with E-state index in [9.17, 15) is 9.59 Å². The van der Waals surface area contributed by atoms with Crippen LogP contribution in [-0.2, 0) is 9.59 Å². The zero-order valence-electron chi connectivity index (χ0n) is 14.6. The van der Waals surface area contributed by atoms with E-state index in [4.69, 9.17) is 0 Å². The predicted octanol–water partition coefficient (Wildman–Crippen LogP) is 3.73. The van der Waals surface area contributed by atoms with Gasteiger partial charge >= 0.3 is 0 Å². The Morgan fingerprint density at radius 1 is 1.20 bits per heavy atom. The van der Waals surface area contributed by atoms with E-state index in [-0.39, 0.29) is 17.6 Å². The second kappa shape index (κ2) is 6.79. The van der Waals surface area contributed by atoms with Crippen LogP contribution in [0.15, 0.2) is 39.4 Å². The summed E-state index contributed by atoms with van der Waals surface area (Å²) in [6.07, 6.45) is 5.71. The minimum Gasteiger partial charge on any atom is -0.362 e. The van der Waals surface area contributed by atoms with Crippen molar-refractivity contribution in [3.8, 4) is 0 Å². The summed E-state index contributed by atoms with van der Waals surface area (Å²) in [6.45, 7) is 3.64. The van der Waals surface area contributed by atoms with E-state index in [0.29, 0.717) is 6.42 Å². The number of nitrogens with one attached hydrogen (secondary N) is 1. The molecular formula is C20H24N2O2S. The highest BCUT2D eigenvalue weighted by Crippen LogP contribution is 2.43. The van der Waals surface area contributed by atoms with Crippen LogP contribution in [0.25, 0.3) is 0 Å². The lowest BCUT2D eigenvalue weighted by atomic mass is 9.75. The molecule has 132 valence electrons. The van der Waals surface area contributed by atoms with Gasteiger partial charge in [0, 0.05) is 48.0 Å². The van der Waals surface area contributed by atoms with Crippen LogP contribution in [0.1, 0.15) is 56.9 Å². The fourth-order valence-corrected chi connectivity index (χ4v) is 4.99. The Kier molecular flexibility index (Phi) is 4.50. The molecule has 1 N–H and O–H groups in total. The first kappa shape index (κ1) is 16.6.